The maximum Gasteiger partial charge on any atom is 0.136 e. The Kier molecular flexibility index (Phi) is 6.45. The van der Waals surface area contributed by atoms with Crippen molar-refractivity contribution < 1.29 is 4.42 Å². The van der Waals surface area contributed by atoms with Crippen LogP contribution in [-0.2, 0) is 5.41 Å². The molecule has 3 heterocycles. The van der Waals surface area contributed by atoms with Crippen LogP contribution in [0.25, 0.3) is 71.7 Å². The Hall–Kier alpha value is -6.84. The first-order valence-corrected chi connectivity index (χ1v) is 18.6. The van der Waals surface area contributed by atoms with Gasteiger partial charge >= 0.3 is 0 Å². The molecule has 0 bridgehead atoms. The highest BCUT2D eigenvalue weighted by Crippen LogP contribution is 2.53. The largest absolute Gasteiger partial charge is 0.456 e. The number of allylic oxidation sites excluding steroid dienone is 4. The van der Waals surface area contributed by atoms with Crippen LogP contribution in [0.2, 0.25) is 0 Å². The Morgan fingerprint density at radius 1 is 0.537 bits per heavy atom. The van der Waals surface area contributed by atoms with Crippen molar-refractivity contribution >= 4 is 66.3 Å². The van der Waals surface area contributed by atoms with E-state index in [0.717, 1.165) is 72.3 Å². The molecule has 1 aliphatic carbocycles. The third-order valence-electron chi connectivity index (χ3n) is 11.7. The molecule has 0 N–H and O–H groups in total. The Balaban J connectivity index is 1.12. The number of aromatic nitrogens is 1. The monoisotopic (exact) mass is 692 g/mol. The van der Waals surface area contributed by atoms with Crippen LogP contribution >= 0.6 is 0 Å². The van der Waals surface area contributed by atoms with Gasteiger partial charge in [-0.1, -0.05) is 124 Å². The van der Waals surface area contributed by atoms with Crippen LogP contribution in [0.15, 0.2) is 187 Å². The fourth-order valence-corrected chi connectivity index (χ4v) is 8.99. The number of hydrogen-bond donors (Lipinski definition) is 0. The number of anilines is 2. The van der Waals surface area contributed by atoms with Crippen molar-refractivity contribution in [1.82, 2.24) is 4.57 Å². The molecule has 0 saturated heterocycles. The summed E-state index contributed by atoms with van der Waals surface area (Å²) in [6.45, 7) is 9.40. The summed E-state index contributed by atoms with van der Waals surface area (Å²) in [5.74, 6) is 0. The van der Waals surface area contributed by atoms with E-state index in [-0.39, 0.29) is 5.41 Å². The predicted octanol–water partition coefficient (Wildman–Crippen LogP) is 13.8. The highest BCUT2D eigenvalue weighted by atomic mass is 16.3. The third kappa shape index (κ3) is 4.42. The summed E-state index contributed by atoms with van der Waals surface area (Å²) in [6.07, 6.45) is 4.66. The van der Waals surface area contributed by atoms with Crippen molar-refractivity contribution in [2.24, 2.45) is 0 Å². The fraction of sp³-hybridized carbons (Fsp3) is 0.0588. The molecule has 2 aliphatic rings. The van der Waals surface area contributed by atoms with Crippen LogP contribution < -0.4 is 4.90 Å². The highest BCUT2D eigenvalue weighted by Gasteiger charge is 2.39. The van der Waals surface area contributed by atoms with Crippen molar-refractivity contribution in [3.63, 3.8) is 0 Å². The third-order valence-corrected chi connectivity index (χ3v) is 11.7. The van der Waals surface area contributed by atoms with Crippen LogP contribution in [-0.4, -0.2) is 4.57 Å². The lowest BCUT2D eigenvalue weighted by atomic mass is 9.80. The van der Waals surface area contributed by atoms with Crippen molar-refractivity contribution in [2.45, 2.75) is 19.3 Å². The normalized spacial score (nSPS) is 16.8. The molecule has 3 heteroatoms. The van der Waals surface area contributed by atoms with E-state index < -0.39 is 0 Å². The number of benzene rings is 7. The SMILES string of the molecule is C=C1/C=C2\C(=C/N(c3ccccc3)c3ccc(-c4ccc5c6cc7oc8ccccc8c7cc6n(-c6ccccc6)c5c4)cc31)c1ccccc1C2(C)C. The summed E-state index contributed by atoms with van der Waals surface area (Å²) in [7, 11) is 0. The molecular weight excluding hydrogens is 657 g/mol. The summed E-state index contributed by atoms with van der Waals surface area (Å²) < 4.78 is 8.77. The van der Waals surface area contributed by atoms with Gasteiger partial charge in [0.1, 0.15) is 11.2 Å². The average molecular weight is 693 g/mol. The second kappa shape index (κ2) is 11.3. The second-order valence-corrected chi connectivity index (χ2v) is 15.1. The van der Waals surface area contributed by atoms with E-state index in [4.69, 9.17) is 11.0 Å². The lowest BCUT2D eigenvalue weighted by molar-refractivity contribution is 0.661. The zero-order valence-electron chi connectivity index (χ0n) is 30.2. The maximum absolute atomic E-state index is 6.37. The molecule has 0 amide bonds. The smallest absolute Gasteiger partial charge is 0.136 e. The molecule has 1 aliphatic heterocycles. The average Bonchev–Trinajstić information content (AvgIpc) is 3.80. The summed E-state index contributed by atoms with van der Waals surface area (Å²) in [5.41, 5.74) is 16.9. The van der Waals surface area contributed by atoms with E-state index in [1.807, 2.05) is 12.1 Å². The molecule has 2 aromatic heterocycles. The van der Waals surface area contributed by atoms with Crippen molar-refractivity contribution in [3.8, 4) is 16.8 Å². The van der Waals surface area contributed by atoms with Gasteiger partial charge in [0.25, 0.3) is 0 Å². The standard InChI is InChI=1S/C51H36N2O/c1-32-26-45-43(37-18-10-12-20-44(37)51(45,2)3)31-52(35-14-6-4-7-15-35)46-25-23-33(27-40(32)46)34-22-24-38-41-30-50-42(39-19-11-13-21-49(39)54-50)29-48(41)53(47(38)28-34)36-16-8-5-9-17-36/h4-31H,1H2,2-3H3/b43-31-,45-26+. The van der Waals surface area contributed by atoms with Crippen LogP contribution in [0.3, 0.4) is 0 Å². The first kappa shape index (κ1) is 30.8. The fourth-order valence-electron chi connectivity index (χ4n) is 8.99. The number of furan rings is 1. The molecular formula is C51H36N2O. The molecule has 7 aromatic carbocycles. The quantitative estimate of drug-likeness (QED) is 0.184. The Morgan fingerprint density at radius 3 is 2.06 bits per heavy atom. The predicted molar refractivity (Wildman–Crippen MR) is 227 cm³/mol. The van der Waals surface area contributed by atoms with Crippen LogP contribution in [0.5, 0.6) is 0 Å². The lowest BCUT2D eigenvalue weighted by Crippen LogP contribution is -2.18. The highest BCUT2D eigenvalue weighted by molar-refractivity contribution is 6.17. The Morgan fingerprint density at radius 2 is 1.22 bits per heavy atom. The minimum Gasteiger partial charge on any atom is -0.456 e. The minimum absolute atomic E-state index is 0.161. The van der Waals surface area contributed by atoms with Gasteiger partial charge in [0.15, 0.2) is 0 Å². The molecule has 0 unspecified atom stereocenters. The van der Waals surface area contributed by atoms with Crippen molar-refractivity contribution in [3.05, 3.63) is 199 Å². The minimum atomic E-state index is -0.161. The molecule has 0 fully saturated rings. The van der Waals surface area contributed by atoms with Gasteiger partial charge in [-0.05, 0) is 94.1 Å². The summed E-state index contributed by atoms with van der Waals surface area (Å²) in [4.78, 5) is 2.35. The summed E-state index contributed by atoms with van der Waals surface area (Å²) >= 11 is 0. The molecule has 0 saturated carbocycles. The van der Waals surface area contributed by atoms with Gasteiger partial charge in [-0.15, -0.1) is 0 Å². The number of fused-ring (bicyclic) bond motifs is 10. The molecule has 0 spiro atoms. The molecule has 54 heavy (non-hydrogen) atoms. The number of para-hydroxylation sites is 3. The van der Waals surface area contributed by atoms with E-state index in [2.05, 4.69) is 181 Å². The second-order valence-electron chi connectivity index (χ2n) is 15.1. The van der Waals surface area contributed by atoms with Crippen LogP contribution in [0.1, 0.15) is 30.5 Å². The van der Waals surface area contributed by atoms with E-state index in [1.165, 1.54) is 33.0 Å². The molecule has 9 aromatic rings. The first-order chi connectivity index (χ1) is 26.4. The van der Waals surface area contributed by atoms with Gasteiger partial charge in [-0.25, -0.2) is 0 Å². The van der Waals surface area contributed by atoms with Gasteiger partial charge in [-0.3, -0.25) is 0 Å². The number of rotatable bonds is 3. The number of nitrogens with zero attached hydrogens (tertiary/aromatic N) is 2. The Labute approximate surface area is 314 Å². The molecule has 0 radical (unpaired) electrons. The van der Waals surface area contributed by atoms with E-state index in [1.54, 1.807) is 0 Å². The van der Waals surface area contributed by atoms with Gasteiger partial charge in [0.05, 0.1) is 16.7 Å². The van der Waals surface area contributed by atoms with Gasteiger partial charge < -0.3 is 13.9 Å². The van der Waals surface area contributed by atoms with E-state index in [9.17, 15) is 0 Å². The lowest BCUT2D eigenvalue weighted by Gasteiger charge is -2.29. The zero-order chi connectivity index (χ0) is 36.1. The van der Waals surface area contributed by atoms with Crippen molar-refractivity contribution in [1.29, 1.82) is 0 Å². The topological polar surface area (TPSA) is 21.3 Å². The summed E-state index contributed by atoms with van der Waals surface area (Å²) in [5, 5.41) is 4.62. The maximum atomic E-state index is 6.37. The first-order valence-electron chi connectivity index (χ1n) is 18.6. The van der Waals surface area contributed by atoms with Crippen molar-refractivity contribution in [2.75, 3.05) is 4.90 Å². The van der Waals surface area contributed by atoms with Gasteiger partial charge in [-0.2, -0.15) is 0 Å². The molecule has 256 valence electrons. The summed E-state index contributed by atoms with van der Waals surface area (Å²) in [6, 6.07) is 56.7. The molecule has 0 atom stereocenters. The zero-order valence-corrected chi connectivity index (χ0v) is 30.2. The van der Waals surface area contributed by atoms with E-state index in [0.29, 0.717) is 0 Å². The van der Waals surface area contributed by atoms with Gasteiger partial charge in [0.2, 0.25) is 0 Å². The Bertz CT molecular complexity index is 3080. The van der Waals surface area contributed by atoms with Crippen LogP contribution in [0, 0.1) is 0 Å². The van der Waals surface area contributed by atoms with E-state index >= 15 is 0 Å². The molecule has 11 rings (SSSR count). The molecule has 3 nitrogen and oxygen atoms in total. The van der Waals surface area contributed by atoms with Crippen LogP contribution in [0.4, 0.5) is 11.4 Å². The number of hydrogen-bond acceptors (Lipinski definition) is 2. The van der Waals surface area contributed by atoms with Gasteiger partial charge in [0, 0.05) is 55.7 Å².